The van der Waals surface area contributed by atoms with Crippen LogP contribution in [0.15, 0.2) is 42.5 Å². The van der Waals surface area contributed by atoms with E-state index in [1.807, 2.05) is 0 Å². The standard InChI is InChI=1S/C16H19N/c1-12-8-5-6-9-13(12)14-10-7-11-15(17-14)16(2,3)4/h5-11H,1-4H3. The van der Waals surface area contributed by atoms with Gasteiger partial charge in [-0.3, -0.25) is 4.98 Å². The molecule has 0 aliphatic rings. The Balaban J connectivity index is 2.51. The van der Waals surface area contributed by atoms with Crippen molar-refractivity contribution in [1.82, 2.24) is 4.98 Å². The van der Waals surface area contributed by atoms with E-state index in [0.29, 0.717) is 0 Å². The SMILES string of the molecule is Cc1ccccc1-c1cccc(C(C)(C)C)n1. The second-order valence-corrected chi connectivity index (χ2v) is 5.47. The minimum absolute atomic E-state index is 0.0959. The van der Waals surface area contributed by atoms with E-state index in [1.165, 1.54) is 11.1 Å². The summed E-state index contributed by atoms with van der Waals surface area (Å²) in [6.45, 7) is 8.70. The number of aryl methyl sites for hydroxylation is 1. The van der Waals surface area contributed by atoms with Crippen LogP contribution in [0.2, 0.25) is 0 Å². The molecule has 0 fully saturated rings. The smallest absolute Gasteiger partial charge is 0.0708 e. The van der Waals surface area contributed by atoms with Gasteiger partial charge in [0.15, 0.2) is 0 Å². The zero-order valence-electron chi connectivity index (χ0n) is 11.0. The highest BCUT2D eigenvalue weighted by Gasteiger charge is 2.15. The molecule has 0 bridgehead atoms. The maximum absolute atomic E-state index is 4.78. The fourth-order valence-corrected chi connectivity index (χ4v) is 1.86. The number of rotatable bonds is 1. The fourth-order valence-electron chi connectivity index (χ4n) is 1.86. The molecule has 0 spiro atoms. The average Bonchev–Trinajstić information content (AvgIpc) is 2.29. The summed E-state index contributed by atoms with van der Waals surface area (Å²) < 4.78 is 0. The van der Waals surface area contributed by atoms with Crippen LogP contribution in [-0.2, 0) is 5.41 Å². The Morgan fingerprint density at radius 3 is 2.24 bits per heavy atom. The molecule has 0 aliphatic heterocycles. The van der Waals surface area contributed by atoms with Crippen molar-refractivity contribution in [1.29, 1.82) is 0 Å². The molecule has 1 aromatic heterocycles. The molecule has 1 nitrogen and oxygen atoms in total. The molecule has 0 aliphatic carbocycles. The van der Waals surface area contributed by atoms with E-state index < -0.39 is 0 Å². The largest absolute Gasteiger partial charge is 0.252 e. The average molecular weight is 225 g/mol. The minimum atomic E-state index is 0.0959. The van der Waals surface area contributed by atoms with Gasteiger partial charge in [-0.25, -0.2) is 0 Å². The van der Waals surface area contributed by atoms with Gasteiger partial charge in [0.05, 0.1) is 5.69 Å². The van der Waals surface area contributed by atoms with E-state index in [1.54, 1.807) is 0 Å². The summed E-state index contributed by atoms with van der Waals surface area (Å²) in [6.07, 6.45) is 0. The van der Waals surface area contributed by atoms with Gasteiger partial charge in [0, 0.05) is 16.7 Å². The second-order valence-electron chi connectivity index (χ2n) is 5.47. The van der Waals surface area contributed by atoms with Crippen LogP contribution >= 0.6 is 0 Å². The summed E-state index contributed by atoms with van der Waals surface area (Å²) in [5.74, 6) is 0. The van der Waals surface area contributed by atoms with Crippen molar-refractivity contribution >= 4 is 0 Å². The molecule has 17 heavy (non-hydrogen) atoms. The summed E-state index contributed by atoms with van der Waals surface area (Å²) in [5, 5.41) is 0. The lowest BCUT2D eigenvalue weighted by Gasteiger charge is -2.18. The molecule has 0 saturated heterocycles. The second kappa shape index (κ2) is 4.33. The van der Waals surface area contributed by atoms with Gasteiger partial charge in [-0.05, 0) is 24.6 Å². The van der Waals surface area contributed by atoms with Crippen LogP contribution < -0.4 is 0 Å². The number of hydrogen-bond acceptors (Lipinski definition) is 1. The van der Waals surface area contributed by atoms with E-state index in [2.05, 4.69) is 70.2 Å². The lowest BCUT2D eigenvalue weighted by atomic mass is 9.91. The van der Waals surface area contributed by atoms with Gasteiger partial charge in [-0.2, -0.15) is 0 Å². The molecule has 0 amide bonds. The van der Waals surface area contributed by atoms with Gasteiger partial charge in [-0.1, -0.05) is 51.1 Å². The molecule has 1 aromatic carbocycles. The first-order valence-electron chi connectivity index (χ1n) is 6.02. The maximum atomic E-state index is 4.78. The van der Waals surface area contributed by atoms with Crippen molar-refractivity contribution in [2.45, 2.75) is 33.1 Å². The van der Waals surface area contributed by atoms with Crippen molar-refractivity contribution < 1.29 is 0 Å². The Bertz CT molecular complexity index is 521. The molecule has 88 valence electrons. The van der Waals surface area contributed by atoms with Gasteiger partial charge >= 0.3 is 0 Å². The molecule has 0 atom stereocenters. The molecular formula is C16H19N. The summed E-state index contributed by atoms with van der Waals surface area (Å²) in [6, 6.07) is 14.7. The van der Waals surface area contributed by atoms with Crippen LogP contribution in [0.4, 0.5) is 0 Å². The Morgan fingerprint density at radius 1 is 0.882 bits per heavy atom. The Morgan fingerprint density at radius 2 is 1.59 bits per heavy atom. The first-order valence-corrected chi connectivity index (χ1v) is 6.02. The van der Waals surface area contributed by atoms with E-state index >= 15 is 0 Å². The van der Waals surface area contributed by atoms with Crippen LogP contribution in [0.5, 0.6) is 0 Å². The van der Waals surface area contributed by atoms with Gasteiger partial charge < -0.3 is 0 Å². The van der Waals surface area contributed by atoms with Crippen LogP contribution in [0.1, 0.15) is 32.0 Å². The van der Waals surface area contributed by atoms with E-state index in [4.69, 9.17) is 4.98 Å². The first-order chi connectivity index (χ1) is 7.98. The number of pyridine rings is 1. The number of hydrogen-bond donors (Lipinski definition) is 0. The predicted octanol–water partition coefficient (Wildman–Crippen LogP) is 4.35. The molecule has 0 radical (unpaired) electrons. The summed E-state index contributed by atoms with van der Waals surface area (Å²) in [4.78, 5) is 4.78. The highest BCUT2D eigenvalue weighted by atomic mass is 14.7. The zero-order valence-corrected chi connectivity index (χ0v) is 11.0. The van der Waals surface area contributed by atoms with Gasteiger partial charge in [0.2, 0.25) is 0 Å². The maximum Gasteiger partial charge on any atom is 0.0708 e. The fraction of sp³-hybridized carbons (Fsp3) is 0.312. The van der Waals surface area contributed by atoms with Crippen molar-refractivity contribution in [3.8, 4) is 11.3 Å². The van der Waals surface area contributed by atoms with Gasteiger partial charge in [0.25, 0.3) is 0 Å². The lowest BCUT2D eigenvalue weighted by Crippen LogP contribution is -2.13. The topological polar surface area (TPSA) is 12.9 Å². The van der Waals surface area contributed by atoms with Crippen LogP contribution in [0.3, 0.4) is 0 Å². The first kappa shape index (κ1) is 11.8. The Labute approximate surface area is 104 Å². The quantitative estimate of drug-likeness (QED) is 0.703. The molecule has 2 rings (SSSR count). The van der Waals surface area contributed by atoms with Crippen LogP contribution in [0.25, 0.3) is 11.3 Å². The molecular weight excluding hydrogens is 206 g/mol. The van der Waals surface area contributed by atoms with E-state index in [9.17, 15) is 0 Å². The molecule has 2 aromatic rings. The van der Waals surface area contributed by atoms with Crippen molar-refractivity contribution in [2.75, 3.05) is 0 Å². The summed E-state index contributed by atoms with van der Waals surface area (Å²) >= 11 is 0. The third kappa shape index (κ3) is 2.55. The normalized spacial score (nSPS) is 11.5. The third-order valence-corrected chi connectivity index (χ3v) is 2.94. The third-order valence-electron chi connectivity index (χ3n) is 2.94. The molecule has 0 N–H and O–H groups in total. The van der Waals surface area contributed by atoms with Gasteiger partial charge in [0.1, 0.15) is 0 Å². The van der Waals surface area contributed by atoms with Crippen molar-refractivity contribution in [3.63, 3.8) is 0 Å². The monoisotopic (exact) mass is 225 g/mol. The lowest BCUT2D eigenvalue weighted by molar-refractivity contribution is 0.569. The van der Waals surface area contributed by atoms with Gasteiger partial charge in [-0.15, -0.1) is 0 Å². The summed E-state index contributed by atoms with van der Waals surface area (Å²) in [5.41, 5.74) is 4.79. The minimum Gasteiger partial charge on any atom is -0.252 e. The Hall–Kier alpha value is -1.63. The van der Waals surface area contributed by atoms with E-state index in [0.717, 1.165) is 11.4 Å². The van der Waals surface area contributed by atoms with Crippen LogP contribution in [0, 0.1) is 6.92 Å². The molecule has 0 saturated carbocycles. The van der Waals surface area contributed by atoms with Crippen molar-refractivity contribution in [2.24, 2.45) is 0 Å². The summed E-state index contributed by atoms with van der Waals surface area (Å²) in [7, 11) is 0. The molecule has 0 unspecified atom stereocenters. The highest BCUT2D eigenvalue weighted by molar-refractivity contribution is 5.63. The molecule has 1 heterocycles. The van der Waals surface area contributed by atoms with Crippen molar-refractivity contribution in [3.05, 3.63) is 53.7 Å². The highest BCUT2D eigenvalue weighted by Crippen LogP contribution is 2.25. The number of benzene rings is 1. The number of nitrogens with zero attached hydrogens (tertiary/aromatic N) is 1. The predicted molar refractivity (Wildman–Crippen MR) is 73.1 cm³/mol. The Kier molecular flexibility index (Phi) is 3.01. The van der Waals surface area contributed by atoms with Crippen LogP contribution in [-0.4, -0.2) is 4.98 Å². The van der Waals surface area contributed by atoms with E-state index in [-0.39, 0.29) is 5.41 Å². The molecule has 1 heteroatoms. The number of aromatic nitrogens is 1. The zero-order chi connectivity index (χ0) is 12.5.